The number of hydrogen-bond acceptors (Lipinski definition) is 2. The molecule has 1 aliphatic heterocycles. The van der Waals surface area contributed by atoms with Crippen molar-refractivity contribution in [3.8, 4) is 0 Å². The summed E-state index contributed by atoms with van der Waals surface area (Å²) in [5, 5.41) is 7.78. The topological polar surface area (TPSA) is 29.9 Å². The molecule has 3 nitrogen and oxygen atoms in total. The van der Waals surface area contributed by atoms with E-state index in [0.717, 1.165) is 19.0 Å². The minimum Gasteiger partial charge on any atom is -0.317 e. The van der Waals surface area contributed by atoms with Crippen LogP contribution in [0, 0.1) is 12.8 Å². The van der Waals surface area contributed by atoms with Crippen LogP contribution in [-0.4, -0.2) is 22.9 Å². The fourth-order valence-corrected chi connectivity index (χ4v) is 2.20. The van der Waals surface area contributed by atoms with Crippen molar-refractivity contribution >= 4 is 0 Å². The van der Waals surface area contributed by atoms with Gasteiger partial charge in [0.1, 0.15) is 0 Å². The van der Waals surface area contributed by atoms with E-state index in [2.05, 4.69) is 35.1 Å². The van der Waals surface area contributed by atoms with Crippen molar-refractivity contribution in [1.29, 1.82) is 0 Å². The first-order valence-electron chi connectivity index (χ1n) is 6.49. The van der Waals surface area contributed by atoms with Gasteiger partial charge in [-0.1, -0.05) is 13.8 Å². The van der Waals surface area contributed by atoms with E-state index >= 15 is 0 Å². The lowest BCUT2D eigenvalue weighted by Crippen LogP contribution is -2.31. The lowest BCUT2D eigenvalue weighted by molar-refractivity contribution is 0.261. The van der Waals surface area contributed by atoms with Gasteiger partial charge in [-0.15, -0.1) is 0 Å². The van der Waals surface area contributed by atoms with E-state index in [9.17, 15) is 0 Å². The molecule has 3 heteroatoms. The van der Waals surface area contributed by atoms with Gasteiger partial charge in [0.15, 0.2) is 0 Å². The number of nitrogens with one attached hydrogen (secondary N) is 1. The molecule has 92 valence electrons. The maximum absolute atomic E-state index is 4.39. The zero-order valence-electron chi connectivity index (χ0n) is 11.0. The highest BCUT2D eigenvalue weighted by molar-refractivity contribution is 5.00. The van der Waals surface area contributed by atoms with Crippen molar-refractivity contribution < 1.29 is 0 Å². The quantitative estimate of drug-likeness (QED) is 0.835. The van der Waals surface area contributed by atoms with E-state index < -0.39 is 0 Å². The Hall–Kier alpha value is -0.830. The number of hydrogen-bond donors (Lipinski definition) is 1. The molecular formula is C13H25N3. The minimum atomic E-state index is 0.547. The van der Waals surface area contributed by atoms with Crippen molar-refractivity contribution in [3.05, 3.63) is 18.0 Å². The molecule has 0 saturated carbocycles. The molecular weight excluding hydrogens is 198 g/mol. The second-order valence-corrected chi connectivity index (χ2v) is 4.33. The normalized spacial score (nSPS) is 18.8. The SMILES string of the molecule is CC.Cc1cnn(C(C)C2CCNCC2)c1. The van der Waals surface area contributed by atoms with Crippen molar-refractivity contribution in [1.82, 2.24) is 15.1 Å². The summed E-state index contributed by atoms with van der Waals surface area (Å²) < 4.78 is 2.12. The fraction of sp³-hybridized carbons (Fsp3) is 0.769. The molecule has 0 aromatic carbocycles. The van der Waals surface area contributed by atoms with Crippen LogP contribution in [0.5, 0.6) is 0 Å². The highest BCUT2D eigenvalue weighted by Crippen LogP contribution is 2.25. The van der Waals surface area contributed by atoms with Gasteiger partial charge in [0.25, 0.3) is 0 Å². The van der Waals surface area contributed by atoms with Gasteiger partial charge in [0.2, 0.25) is 0 Å². The predicted molar refractivity (Wildman–Crippen MR) is 68.6 cm³/mol. The second kappa shape index (κ2) is 6.69. The third-order valence-corrected chi connectivity index (χ3v) is 3.21. The zero-order chi connectivity index (χ0) is 12.0. The number of aromatic nitrogens is 2. The minimum absolute atomic E-state index is 0.547. The number of rotatable bonds is 2. The van der Waals surface area contributed by atoms with E-state index in [1.807, 2.05) is 20.0 Å². The number of aryl methyl sites for hydroxylation is 1. The highest BCUT2D eigenvalue weighted by atomic mass is 15.3. The lowest BCUT2D eigenvalue weighted by atomic mass is 9.91. The molecule has 0 radical (unpaired) electrons. The Labute approximate surface area is 99.2 Å². The van der Waals surface area contributed by atoms with E-state index in [1.54, 1.807) is 0 Å². The molecule has 0 bridgehead atoms. The van der Waals surface area contributed by atoms with Crippen LogP contribution in [0.2, 0.25) is 0 Å². The van der Waals surface area contributed by atoms with E-state index in [4.69, 9.17) is 0 Å². The third kappa shape index (κ3) is 3.34. The molecule has 1 aromatic rings. The summed E-state index contributed by atoms with van der Waals surface area (Å²) in [5.41, 5.74) is 1.26. The van der Waals surface area contributed by atoms with Crippen LogP contribution in [0.1, 0.15) is 45.2 Å². The molecule has 1 unspecified atom stereocenters. The van der Waals surface area contributed by atoms with Gasteiger partial charge >= 0.3 is 0 Å². The second-order valence-electron chi connectivity index (χ2n) is 4.33. The van der Waals surface area contributed by atoms with Gasteiger partial charge < -0.3 is 5.32 Å². The Kier molecular flexibility index (Phi) is 5.53. The number of piperidine rings is 1. The molecule has 1 saturated heterocycles. The van der Waals surface area contributed by atoms with Crippen LogP contribution in [0.4, 0.5) is 0 Å². The van der Waals surface area contributed by atoms with Crippen LogP contribution in [0.15, 0.2) is 12.4 Å². The lowest BCUT2D eigenvalue weighted by Gasteiger charge is -2.28. The molecule has 1 N–H and O–H groups in total. The monoisotopic (exact) mass is 223 g/mol. The first kappa shape index (κ1) is 13.2. The average Bonchev–Trinajstić information content (AvgIpc) is 2.79. The van der Waals surface area contributed by atoms with Crippen LogP contribution in [0.25, 0.3) is 0 Å². The van der Waals surface area contributed by atoms with Crippen molar-refractivity contribution in [3.63, 3.8) is 0 Å². The Balaban J connectivity index is 0.000000606. The van der Waals surface area contributed by atoms with Gasteiger partial charge in [-0.2, -0.15) is 5.10 Å². The summed E-state index contributed by atoms with van der Waals surface area (Å²) in [4.78, 5) is 0. The Morgan fingerprint density at radius 3 is 2.50 bits per heavy atom. The fourth-order valence-electron chi connectivity index (χ4n) is 2.20. The Morgan fingerprint density at radius 1 is 1.38 bits per heavy atom. The van der Waals surface area contributed by atoms with Gasteiger partial charge in [0.05, 0.1) is 12.2 Å². The summed E-state index contributed by atoms with van der Waals surface area (Å²) >= 11 is 0. The summed E-state index contributed by atoms with van der Waals surface area (Å²) in [6.07, 6.45) is 6.64. The summed E-state index contributed by atoms with van der Waals surface area (Å²) in [5.74, 6) is 0.788. The maximum atomic E-state index is 4.39. The standard InChI is InChI=1S/C11H19N3.C2H6/c1-9-7-13-14(8-9)10(2)11-3-5-12-6-4-11;1-2/h7-8,10-12H,3-6H2,1-2H3;1-2H3. The van der Waals surface area contributed by atoms with Gasteiger partial charge in [-0.25, -0.2) is 0 Å². The molecule has 0 spiro atoms. The van der Waals surface area contributed by atoms with Gasteiger partial charge in [-0.3, -0.25) is 4.68 Å². The molecule has 1 fully saturated rings. The molecule has 2 rings (SSSR count). The molecule has 16 heavy (non-hydrogen) atoms. The highest BCUT2D eigenvalue weighted by Gasteiger charge is 2.21. The zero-order valence-corrected chi connectivity index (χ0v) is 11.0. The summed E-state index contributed by atoms with van der Waals surface area (Å²) in [6.45, 7) is 10.7. The number of nitrogens with zero attached hydrogens (tertiary/aromatic N) is 2. The molecule has 2 heterocycles. The molecule has 0 aliphatic carbocycles. The Bertz CT molecular complexity index is 287. The maximum Gasteiger partial charge on any atom is 0.0520 e. The Morgan fingerprint density at radius 2 is 2.00 bits per heavy atom. The summed E-state index contributed by atoms with van der Waals surface area (Å²) in [6, 6.07) is 0.547. The van der Waals surface area contributed by atoms with Crippen molar-refractivity contribution in [2.24, 2.45) is 5.92 Å². The van der Waals surface area contributed by atoms with Crippen LogP contribution >= 0.6 is 0 Å². The summed E-state index contributed by atoms with van der Waals surface area (Å²) in [7, 11) is 0. The van der Waals surface area contributed by atoms with Crippen molar-refractivity contribution in [2.75, 3.05) is 13.1 Å². The van der Waals surface area contributed by atoms with Gasteiger partial charge in [-0.05, 0) is 51.3 Å². The smallest absolute Gasteiger partial charge is 0.0520 e. The third-order valence-electron chi connectivity index (χ3n) is 3.21. The van der Waals surface area contributed by atoms with E-state index in [-0.39, 0.29) is 0 Å². The molecule has 1 atom stereocenters. The molecule has 1 aliphatic rings. The van der Waals surface area contributed by atoms with Crippen molar-refractivity contribution in [2.45, 2.75) is 46.6 Å². The van der Waals surface area contributed by atoms with Crippen LogP contribution < -0.4 is 5.32 Å². The van der Waals surface area contributed by atoms with Gasteiger partial charge in [0, 0.05) is 6.20 Å². The largest absolute Gasteiger partial charge is 0.317 e. The molecule has 1 aromatic heterocycles. The first-order chi connectivity index (χ1) is 7.77. The van der Waals surface area contributed by atoms with E-state index in [0.29, 0.717) is 6.04 Å². The van der Waals surface area contributed by atoms with Crippen LogP contribution in [-0.2, 0) is 0 Å². The molecule has 0 amide bonds. The van der Waals surface area contributed by atoms with Crippen LogP contribution in [0.3, 0.4) is 0 Å². The van der Waals surface area contributed by atoms with E-state index in [1.165, 1.54) is 18.4 Å². The predicted octanol–water partition coefficient (Wildman–Crippen LogP) is 2.78. The average molecular weight is 223 g/mol. The first-order valence-corrected chi connectivity index (χ1v) is 6.49.